The first-order valence-electron chi connectivity index (χ1n) is 8.48. The van der Waals surface area contributed by atoms with E-state index in [2.05, 4.69) is 17.1 Å². The Bertz CT molecular complexity index is 331. The number of nitrogens with two attached hydrogens (primary N) is 1. The quantitative estimate of drug-likeness (QED) is 0.749. The summed E-state index contributed by atoms with van der Waals surface area (Å²) in [4.78, 5) is 14.9. The minimum atomic E-state index is -0.385. The number of carbonyl (C=O) groups is 1. The first kappa shape index (κ1) is 22.9. The molecule has 0 aliphatic carbocycles. The average molecular weight is 370 g/mol. The Morgan fingerprint density at radius 1 is 1.26 bits per heavy atom. The summed E-state index contributed by atoms with van der Waals surface area (Å²) in [5.74, 6) is 0.899. The van der Waals surface area contributed by atoms with Gasteiger partial charge in [-0.1, -0.05) is 6.92 Å². The standard InChI is InChI=1S/C16H31N3O2.2ClH/c1-2-19-9-4-14(5-10-19)3-8-18-15(20)16(13-17)6-11-21-12-7-16;;/h14H,2-13,17H2,1H3,(H,18,20);2*1H. The van der Waals surface area contributed by atoms with Crippen molar-refractivity contribution in [3.63, 3.8) is 0 Å². The molecular weight excluding hydrogens is 337 g/mol. The number of hydrogen-bond donors (Lipinski definition) is 2. The van der Waals surface area contributed by atoms with E-state index >= 15 is 0 Å². The van der Waals surface area contributed by atoms with E-state index in [4.69, 9.17) is 10.5 Å². The van der Waals surface area contributed by atoms with Crippen molar-refractivity contribution in [1.82, 2.24) is 10.2 Å². The fourth-order valence-corrected chi connectivity index (χ4v) is 3.45. The minimum absolute atomic E-state index is 0. The van der Waals surface area contributed by atoms with Crippen molar-refractivity contribution in [2.45, 2.75) is 39.0 Å². The molecule has 0 aromatic carbocycles. The van der Waals surface area contributed by atoms with Gasteiger partial charge >= 0.3 is 0 Å². The number of nitrogens with one attached hydrogen (secondary N) is 1. The van der Waals surface area contributed by atoms with Gasteiger partial charge in [-0.05, 0) is 57.7 Å². The molecule has 0 spiro atoms. The smallest absolute Gasteiger partial charge is 0.227 e. The van der Waals surface area contributed by atoms with Gasteiger partial charge in [0.1, 0.15) is 0 Å². The summed E-state index contributed by atoms with van der Waals surface area (Å²) in [6, 6.07) is 0. The molecular formula is C16H33Cl2N3O2. The van der Waals surface area contributed by atoms with E-state index in [9.17, 15) is 4.79 Å². The Morgan fingerprint density at radius 2 is 1.87 bits per heavy atom. The van der Waals surface area contributed by atoms with Gasteiger partial charge in [-0.25, -0.2) is 0 Å². The SMILES string of the molecule is CCN1CCC(CCNC(=O)C2(CN)CCOCC2)CC1.Cl.Cl. The molecule has 0 radical (unpaired) electrons. The summed E-state index contributed by atoms with van der Waals surface area (Å²) in [7, 11) is 0. The molecule has 138 valence electrons. The third-order valence-corrected chi connectivity index (χ3v) is 5.31. The highest BCUT2D eigenvalue weighted by Gasteiger charge is 2.38. The molecule has 0 saturated carbocycles. The van der Waals surface area contributed by atoms with E-state index < -0.39 is 0 Å². The maximum absolute atomic E-state index is 12.4. The second kappa shape index (κ2) is 11.5. The van der Waals surface area contributed by atoms with Gasteiger partial charge in [0.05, 0.1) is 5.41 Å². The molecule has 2 rings (SSSR count). The lowest BCUT2D eigenvalue weighted by molar-refractivity contribution is -0.135. The number of hydrogen-bond acceptors (Lipinski definition) is 4. The van der Waals surface area contributed by atoms with Gasteiger partial charge in [-0.2, -0.15) is 0 Å². The van der Waals surface area contributed by atoms with Crippen LogP contribution in [0.25, 0.3) is 0 Å². The second-order valence-corrected chi connectivity index (χ2v) is 6.52. The molecule has 7 heteroatoms. The Labute approximate surface area is 152 Å². The third-order valence-electron chi connectivity index (χ3n) is 5.31. The summed E-state index contributed by atoms with van der Waals surface area (Å²) in [5, 5.41) is 3.13. The number of ether oxygens (including phenoxy) is 1. The van der Waals surface area contributed by atoms with E-state index in [-0.39, 0.29) is 36.1 Å². The molecule has 5 nitrogen and oxygen atoms in total. The molecule has 2 heterocycles. The topological polar surface area (TPSA) is 67.6 Å². The maximum Gasteiger partial charge on any atom is 0.227 e. The largest absolute Gasteiger partial charge is 0.381 e. The molecule has 0 unspecified atom stereocenters. The van der Waals surface area contributed by atoms with Crippen molar-refractivity contribution in [2.75, 3.05) is 45.9 Å². The van der Waals surface area contributed by atoms with E-state index in [0.29, 0.717) is 19.8 Å². The van der Waals surface area contributed by atoms with Crippen LogP contribution in [0.5, 0.6) is 0 Å². The summed E-state index contributed by atoms with van der Waals surface area (Å²) in [6.45, 7) is 8.32. The maximum atomic E-state index is 12.4. The Hall–Kier alpha value is -0.0700. The van der Waals surface area contributed by atoms with Crippen LogP contribution < -0.4 is 11.1 Å². The lowest BCUT2D eigenvalue weighted by Gasteiger charge is -2.35. The molecule has 0 aromatic heterocycles. The van der Waals surface area contributed by atoms with Crippen LogP contribution in [0.4, 0.5) is 0 Å². The van der Waals surface area contributed by atoms with Gasteiger partial charge < -0.3 is 20.7 Å². The fourth-order valence-electron chi connectivity index (χ4n) is 3.45. The predicted octanol–water partition coefficient (Wildman–Crippen LogP) is 1.82. The molecule has 2 saturated heterocycles. The summed E-state index contributed by atoms with van der Waals surface area (Å²) in [6.07, 6.45) is 5.13. The Morgan fingerprint density at radius 3 is 2.39 bits per heavy atom. The van der Waals surface area contributed by atoms with Crippen LogP contribution in [0.1, 0.15) is 39.0 Å². The lowest BCUT2D eigenvalue weighted by atomic mass is 9.79. The van der Waals surface area contributed by atoms with Crippen LogP contribution in [0.2, 0.25) is 0 Å². The van der Waals surface area contributed by atoms with Crippen LogP contribution in [-0.4, -0.2) is 56.7 Å². The van der Waals surface area contributed by atoms with Crippen molar-refractivity contribution in [2.24, 2.45) is 17.1 Å². The number of rotatable bonds is 6. The van der Waals surface area contributed by atoms with Crippen molar-refractivity contribution >= 4 is 30.7 Å². The number of likely N-dealkylation sites (tertiary alicyclic amines) is 1. The van der Waals surface area contributed by atoms with Crippen LogP contribution in [0.15, 0.2) is 0 Å². The van der Waals surface area contributed by atoms with Crippen LogP contribution >= 0.6 is 24.8 Å². The summed E-state index contributed by atoms with van der Waals surface area (Å²) >= 11 is 0. The van der Waals surface area contributed by atoms with Gasteiger partial charge in [-0.15, -0.1) is 24.8 Å². The van der Waals surface area contributed by atoms with E-state index in [1.165, 1.54) is 25.9 Å². The highest BCUT2D eigenvalue weighted by molar-refractivity contribution is 5.85. The van der Waals surface area contributed by atoms with Crippen LogP contribution in [-0.2, 0) is 9.53 Å². The monoisotopic (exact) mass is 369 g/mol. The highest BCUT2D eigenvalue weighted by atomic mass is 35.5. The molecule has 3 N–H and O–H groups in total. The number of amides is 1. The molecule has 0 aromatic rings. The molecule has 2 aliphatic rings. The van der Waals surface area contributed by atoms with Gasteiger partial charge in [-0.3, -0.25) is 4.79 Å². The highest BCUT2D eigenvalue weighted by Crippen LogP contribution is 2.29. The van der Waals surface area contributed by atoms with Crippen molar-refractivity contribution in [3.8, 4) is 0 Å². The normalized spacial score (nSPS) is 21.8. The van der Waals surface area contributed by atoms with Gasteiger partial charge in [0.15, 0.2) is 0 Å². The van der Waals surface area contributed by atoms with Crippen molar-refractivity contribution in [3.05, 3.63) is 0 Å². The lowest BCUT2D eigenvalue weighted by Crippen LogP contribution is -2.49. The molecule has 0 atom stereocenters. The second-order valence-electron chi connectivity index (χ2n) is 6.52. The van der Waals surface area contributed by atoms with Crippen LogP contribution in [0.3, 0.4) is 0 Å². The van der Waals surface area contributed by atoms with E-state index in [0.717, 1.165) is 38.3 Å². The fraction of sp³-hybridized carbons (Fsp3) is 0.938. The summed E-state index contributed by atoms with van der Waals surface area (Å²) < 4.78 is 5.36. The van der Waals surface area contributed by atoms with Gasteiger partial charge in [0.2, 0.25) is 5.91 Å². The van der Waals surface area contributed by atoms with Gasteiger partial charge in [0.25, 0.3) is 0 Å². The molecule has 2 aliphatic heterocycles. The number of halogens is 2. The zero-order valence-corrected chi connectivity index (χ0v) is 15.9. The average Bonchev–Trinajstić information content (AvgIpc) is 2.56. The van der Waals surface area contributed by atoms with Crippen LogP contribution in [0, 0.1) is 11.3 Å². The summed E-state index contributed by atoms with van der Waals surface area (Å²) in [5.41, 5.74) is 5.48. The first-order valence-corrected chi connectivity index (χ1v) is 8.48. The van der Waals surface area contributed by atoms with E-state index in [1.807, 2.05) is 0 Å². The molecule has 0 bridgehead atoms. The van der Waals surface area contributed by atoms with Crippen molar-refractivity contribution < 1.29 is 9.53 Å². The van der Waals surface area contributed by atoms with Gasteiger partial charge in [0, 0.05) is 26.3 Å². The number of carbonyl (C=O) groups excluding carboxylic acids is 1. The minimum Gasteiger partial charge on any atom is -0.381 e. The molecule has 1 amide bonds. The Kier molecular flexibility index (Phi) is 11.4. The number of piperidine rings is 1. The Balaban J connectivity index is 0.00000242. The zero-order valence-electron chi connectivity index (χ0n) is 14.2. The van der Waals surface area contributed by atoms with Crippen molar-refractivity contribution in [1.29, 1.82) is 0 Å². The first-order chi connectivity index (χ1) is 10.2. The number of nitrogens with zero attached hydrogens (tertiary/aromatic N) is 1. The zero-order chi connectivity index (χ0) is 15.1. The predicted molar refractivity (Wildman–Crippen MR) is 98.5 cm³/mol. The third kappa shape index (κ3) is 6.39. The molecule has 2 fully saturated rings. The molecule has 23 heavy (non-hydrogen) atoms. The van der Waals surface area contributed by atoms with E-state index in [1.54, 1.807) is 0 Å².